The van der Waals surface area contributed by atoms with Crippen LogP contribution in [0.4, 0.5) is 4.39 Å². The Morgan fingerprint density at radius 2 is 2.24 bits per heavy atom. The first-order chi connectivity index (χ1) is 8.16. The first-order valence-corrected chi connectivity index (χ1v) is 6.60. The summed E-state index contributed by atoms with van der Waals surface area (Å²) in [6.07, 6.45) is 0. The highest BCUT2D eigenvalue weighted by molar-refractivity contribution is 9.10. The molecule has 0 unspecified atom stereocenters. The summed E-state index contributed by atoms with van der Waals surface area (Å²) in [5, 5.41) is 4.73. The van der Waals surface area contributed by atoms with Crippen LogP contribution in [0.25, 0.3) is 0 Å². The SMILES string of the molecule is O=C(NCc1cccs1)c1ccc(F)c(Br)c1. The van der Waals surface area contributed by atoms with Crippen molar-refractivity contribution in [3.05, 3.63) is 56.4 Å². The van der Waals surface area contributed by atoms with Crippen LogP contribution >= 0.6 is 27.3 Å². The Labute approximate surface area is 111 Å². The standard InChI is InChI=1S/C12H9BrFNOS/c13-10-6-8(3-4-11(10)14)12(16)15-7-9-2-1-5-17-9/h1-6H,7H2,(H,15,16). The van der Waals surface area contributed by atoms with Crippen LogP contribution in [-0.4, -0.2) is 5.91 Å². The third kappa shape index (κ3) is 3.14. The van der Waals surface area contributed by atoms with Crippen LogP contribution < -0.4 is 5.32 Å². The van der Waals surface area contributed by atoms with Crippen molar-refractivity contribution < 1.29 is 9.18 Å². The largest absolute Gasteiger partial charge is 0.347 e. The monoisotopic (exact) mass is 313 g/mol. The zero-order chi connectivity index (χ0) is 12.3. The molecule has 1 aromatic heterocycles. The number of carbonyl (C=O) groups is 1. The number of hydrogen-bond acceptors (Lipinski definition) is 2. The number of hydrogen-bond donors (Lipinski definition) is 1. The van der Waals surface area contributed by atoms with Crippen molar-refractivity contribution in [2.45, 2.75) is 6.54 Å². The van der Waals surface area contributed by atoms with Crippen molar-refractivity contribution in [1.29, 1.82) is 0 Å². The van der Waals surface area contributed by atoms with Gasteiger partial charge in [0.05, 0.1) is 11.0 Å². The molecule has 0 bridgehead atoms. The van der Waals surface area contributed by atoms with E-state index in [9.17, 15) is 9.18 Å². The van der Waals surface area contributed by atoms with Crippen molar-refractivity contribution in [2.24, 2.45) is 0 Å². The van der Waals surface area contributed by atoms with Gasteiger partial charge in [-0.2, -0.15) is 0 Å². The van der Waals surface area contributed by atoms with Crippen molar-refractivity contribution in [2.75, 3.05) is 0 Å². The Kier molecular flexibility index (Phi) is 3.91. The van der Waals surface area contributed by atoms with E-state index in [2.05, 4.69) is 21.2 Å². The van der Waals surface area contributed by atoms with Crippen LogP contribution in [0.15, 0.2) is 40.2 Å². The molecular formula is C12H9BrFNOS. The summed E-state index contributed by atoms with van der Waals surface area (Å²) in [4.78, 5) is 12.8. The van der Waals surface area contributed by atoms with Gasteiger partial charge >= 0.3 is 0 Å². The fourth-order valence-electron chi connectivity index (χ4n) is 1.32. The Morgan fingerprint density at radius 3 is 2.88 bits per heavy atom. The van der Waals surface area contributed by atoms with Crippen LogP contribution in [0.5, 0.6) is 0 Å². The highest BCUT2D eigenvalue weighted by Gasteiger charge is 2.08. The molecular weight excluding hydrogens is 305 g/mol. The molecule has 0 aliphatic rings. The predicted octanol–water partition coefficient (Wildman–Crippen LogP) is 3.58. The fourth-order valence-corrected chi connectivity index (χ4v) is 2.34. The van der Waals surface area contributed by atoms with E-state index in [-0.39, 0.29) is 11.7 Å². The van der Waals surface area contributed by atoms with Gasteiger partial charge in [-0.25, -0.2) is 4.39 Å². The molecule has 0 saturated heterocycles. The minimum absolute atomic E-state index is 0.209. The van der Waals surface area contributed by atoms with Gasteiger partial charge in [0.25, 0.3) is 5.91 Å². The zero-order valence-corrected chi connectivity index (χ0v) is 11.1. The topological polar surface area (TPSA) is 29.1 Å². The number of nitrogens with one attached hydrogen (secondary N) is 1. The zero-order valence-electron chi connectivity index (χ0n) is 8.74. The van der Waals surface area contributed by atoms with Crippen LogP contribution in [0, 0.1) is 5.82 Å². The minimum atomic E-state index is -0.375. The number of amides is 1. The number of halogens is 2. The predicted molar refractivity (Wildman–Crippen MR) is 69.6 cm³/mol. The number of rotatable bonds is 3. The lowest BCUT2D eigenvalue weighted by Crippen LogP contribution is -2.22. The molecule has 2 nitrogen and oxygen atoms in total. The maximum Gasteiger partial charge on any atom is 0.251 e. The molecule has 0 spiro atoms. The second-order valence-corrected chi connectivity index (χ2v) is 5.28. The first-order valence-electron chi connectivity index (χ1n) is 4.92. The van der Waals surface area contributed by atoms with Crippen molar-refractivity contribution in [1.82, 2.24) is 5.32 Å². The van der Waals surface area contributed by atoms with Gasteiger partial charge in [0.15, 0.2) is 0 Å². The van der Waals surface area contributed by atoms with E-state index in [1.54, 1.807) is 11.3 Å². The Morgan fingerprint density at radius 1 is 1.41 bits per heavy atom. The molecule has 0 radical (unpaired) electrons. The molecule has 2 aromatic rings. The normalized spacial score (nSPS) is 10.2. The average Bonchev–Trinajstić information content (AvgIpc) is 2.82. The highest BCUT2D eigenvalue weighted by atomic mass is 79.9. The molecule has 2 rings (SSSR count). The smallest absolute Gasteiger partial charge is 0.251 e. The van der Waals surface area contributed by atoms with E-state index in [0.29, 0.717) is 16.6 Å². The summed E-state index contributed by atoms with van der Waals surface area (Å²) in [6.45, 7) is 0.492. The summed E-state index contributed by atoms with van der Waals surface area (Å²) >= 11 is 4.63. The van der Waals surface area contributed by atoms with E-state index < -0.39 is 0 Å². The summed E-state index contributed by atoms with van der Waals surface area (Å²) < 4.78 is 13.3. The molecule has 1 amide bonds. The van der Waals surface area contributed by atoms with E-state index >= 15 is 0 Å². The molecule has 1 aromatic carbocycles. The van der Waals surface area contributed by atoms with Gasteiger partial charge in [0.1, 0.15) is 5.82 Å². The lowest BCUT2D eigenvalue weighted by atomic mass is 10.2. The molecule has 0 aliphatic heterocycles. The molecule has 1 heterocycles. The van der Waals surface area contributed by atoms with Crippen molar-refractivity contribution in [3.63, 3.8) is 0 Å². The van der Waals surface area contributed by atoms with Gasteiger partial charge < -0.3 is 5.32 Å². The van der Waals surface area contributed by atoms with Gasteiger partial charge in [0, 0.05) is 10.4 Å². The maximum atomic E-state index is 13.0. The van der Waals surface area contributed by atoms with Gasteiger partial charge in [-0.05, 0) is 45.6 Å². The van der Waals surface area contributed by atoms with Crippen LogP contribution in [-0.2, 0) is 6.54 Å². The van der Waals surface area contributed by atoms with Crippen molar-refractivity contribution >= 4 is 33.2 Å². The first kappa shape index (κ1) is 12.3. The maximum absolute atomic E-state index is 13.0. The van der Waals surface area contributed by atoms with E-state index in [1.807, 2.05) is 17.5 Å². The number of benzene rings is 1. The Bertz CT molecular complexity index is 527. The highest BCUT2D eigenvalue weighted by Crippen LogP contribution is 2.17. The molecule has 17 heavy (non-hydrogen) atoms. The summed E-state index contributed by atoms with van der Waals surface area (Å²) in [7, 11) is 0. The Balaban J connectivity index is 2.02. The quantitative estimate of drug-likeness (QED) is 0.922. The number of thiophene rings is 1. The molecule has 0 atom stereocenters. The van der Waals surface area contributed by atoms with Gasteiger partial charge in [-0.1, -0.05) is 6.07 Å². The van der Waals surface area contributed by atoms with E-state index in [1.165, 1.54) is 18.2 Å². The summed E-state index contributed by atoms with van der Waals surface area (Å²) in [5.41, 5.74) is 0.440. The van der Waals surface area contributed by atoms with Gasteiger partial charge in [0.2, 0.25) is 0 Å². The van der Waals surface area contributed by atoms with Crippen LogP contribution in [0.3, 0.4) is 0 Å². The third-order valence-electron chi connectivity index (χ3n) is 2.19. The van der Waals surface area contributed by atoms with E-state index in [4.69, 9.17) is 0 Å². The average molecular weight is 314 g/mol. The second-order valence-electron chi connectivity index (χ2n) is 3.39. The Hall–Kier alpha value is -1.20. The number of carbonyl (C=O) groups excluding carboxylic acids is 1. The second kappa shape index (κ2) is 5.42. The van der Waals surface area contributed by atoms with Crippen LogP contribution in [0.1, 0.15) is 15.2 Å². The van der Waals surface area contributed by atoms with Crippen LogP contribution in [0.2, 0.25) is 0 Å². The molecule has 5 heteroatoms. The molecule has 0 aliphatic carbocycles. The third-order valence-corrected chi connectivity index (χ3v) is 3.67. The summed E-state index contributed by atoms with van der Waals surface area (Å²) in [6, 6.07) is 8.08. The lowest BCUT2D eigenvalue weighted by molar-refractivity contribution is 0.0951. The van der Waals surface area contributed by atoms with E-state index in [0.717, 1.165) is 4.88 Å². The molecule has 88 valence electrons. The minimum Gasteiger partial charge on any atom is -0.347 e. The molecule has 1 N–H and O–H groups in total. The summed E-state index contributed by atoms with van der Waals surface area (Å²) in [5.74, 6) is -0.584. The molecule has 0 fully saturated rings. The molecule has 0 saturated carbocycles. The lowest BCUT2D eigenvalue weighted by Gasteiger charge is -2.04. The van der Waals surface area contributed by atoms with Gasteiger partial charge in [-0.3, -0.25) is 4.79 Å². The van der Waals surface area contributed by atoms with Gasteiger partial charge in [-0.15, -0.1) is 11.3 Å². The van der Waals surface area contributed by atoms with Crippen molar-refractivity contribution in [3.8, 4) is 0 Å². The fraction of sp³-hybridized carbons (Fsp3) is 0.0833.